The highest BCUT2D eigenvalue weighted by atomic mass is 16.3. The molecule has 3 heterocycles. The average Bonchev–Trinajstić information content (AvgIpc) is 4.02. The van der Waals surface area contributed by atoms with Gasteiger partial charge in [-0.1, -0.05) is 157 Å². The number of furan rings is 3. The average molecular weight is 810 g/mol. The van der Waals surface area contributed by atoms with Crippen LogP contribution in [-0.4, -0.2) is 0 Å². The van der Waals surface area contributed by atoms with Crippen LogP contribution < -0.4 is 4.90 Å². The summed E-state index contributed by atoms with van der Waals surface area (Å²) < 4.78 is 20.7. The molecule has 4 nitrogen and oxygen atoms in total. The van der Waals surface area contributed by atoms with E-state index >= 15 is 0 Å². The zero-order valence-electron chi connectivity index (χ0n) is 34.7. The number of hydrogen-bond acceptors (Lipinski definition) is 4. The summed E-state index contributed by atoms with van der Waals surface area (Å²) in [6.07, 6.45) is 0. The van der Waals surface area contributed by atoms with E-state index < -0.39 is 0 Å². The molecule has 1 atom stereocenters. The van der Waals surface area contributed by atoms with Gasteiger partial charge in [-0.15, -0.1) is 0 Å². The highest BCUT2D eigenvalue weighted by molar-refractivity contribution is 6.26. The molecular weight excluding hydrogens is 771 g/mol. The van der Waals surface area contributed by atoms with Gasteiger partial charge in [0.25, 0.3) is 0 Å². The second-order valence-corrected chi connectivity index (χ2v) is 16.9. The van der Waals surface area contributed by atoms with Crippen LogP contribution in [0.3, 0.4) is 0 Å². The van der Waals surface area contributed by atoms with E-state index in [-0.39, 0.29) is 5.92 Å². The van der Waals surface area contributed by atoms with E-state index in [1.165, 1.54) is 22.3 Å². The summed E-state index contributed by atoms with van der Waals surface area (Å²) in [5.74, 6) is -0.139. The second-order valence-electron chi connectivity index (χ2n) is 16.9. The van der Waals surface area contributed by atoms with Crippen molar-refractivity contribution in [1.82, 2.24) is 0 Å². The minimum atomic E-state index is -0.139. The Hall–Kier alpha value is -8.08. The molecule has 13 rings (SSSR count). The van der Waals surface area contributed by atoms with E-state index in [9.17, 15) is 0 Å². The van der Waals surface area contributed by atoms with Crippen LogP contribution in [0.4, 0.5) is 17.1 Å². The van der Waals surface area contributed by atoms with Crippen LogP contribution in [0.15, 0.2) is 207 Å². The Morgan fingerprint density at radius 3 is 1.65 bits per heavy atom. The van der Waals surface area contributed by atoms with E-state index in [2.05, 4.69) is 195 Å². The molecule has 1 unspecified atom stereocenters. The molecule has 0 N–H and O–H groups in total. The fourth-order valence-electron chi connectivity index (χ4n) is 10.4. The lowest BCUT2D eigenvalue weighted by atomic mass is 9.81. The molecule has 0 amide bonds. The molecule has 298 valence electrons. The van der Waals surface area contributed by atoms with Gasteiger partial charge in [0.1, 0.15) is 27.9 Å². The summed E-state index contributed by atoms with van der Waals surface area (Å²) in [5, 5.41) is 11.0. The molecule has 10 aromatic carbocycles. The van der Waals surface area contributed by atoms with Crippen molar-refractivity contribution in [2.75, 3.05) is 4.90 Å². The number of anilines is 3. The molecule has 0 saturated carbocycles. The van der Waals surface area contributed by atoms with Crippen LogP contribution in [-0.2, 0) is 0 Å². The molecule has 13 aromatic rings. The normalized spacial score (nSPS) is 12.5. The maximum atomic E-state index is 7.20. The van der Waals surface area contributed by atoms with E-state index in [0.29, 0.717) is 0 Å². The molecule has 63 heavy (non-hydrogen) atoms. The molecule has 0 fully saturated rings. The summed E-state index contributed by atoms with van der Waals surface area (Å²) in [5.41, 5.74) is 14.1. The third-order valence-corrected chi connectivity index (χ3v) is 13.1. The molecule has 0 bridgehead atoms. The minimum Gasteiger partial charge on any atom is -0.456 e. The minimum absolute atomic E-state index is 0.139. The molecule has 0 aliphatic carbocycles. The van der Waals surface area contributed by atoms with Gasteiger partial charge in [0.2, 0.25) is 0 Å². The van der Waals surface area contributed by atoms with Gasteiger partial charge in [-0.25, -0.2) is 0 Å². The Balaban J connectivity index is 1.12. The highest BCUT2D eigenvalue weighted by Crippen LogP contribution is 2.50. The van der Waals surface area contributed by atoms with Gasteiger partial charge in [0.05, 0.1) is 11.4 Å². The lowest BCUT2D eigenvalue weighted by molar-refractivity contribution is 0.661. The van der Waals surface area contributed by atoms with Gasteiger partial charge in [-0.2, -0.15) is 0 Å². The second kappa shape index (κ2) is 13.7. The van der Waals surface area contributed by atoms with Gasteiger partial charge in [-0.05, 0) is 77.7 Å². The van der Waals surface area contributed by atoms with E-state index in [1.54, 1.807) is 0 Å². The summed E-state index contributed by atoms with van der Waals surface area (Å²) in [4.78, 5) is 2.35. The first-order valence-corrected chi connectivity index (χ1v) is 21.6. The van der Waals surface area contributed by atoms with Gasteiger partial charge in [0, 0.05) is 66.3 Å². The van der Waals surface area contributed by atoms with Crippen molar-refractivity contribution in [3.05, 3.63) is 222 Å². The van der Waals surface area contributed by atoms with Gasteiger partial charge < -0.3 is 18.2 Å². The van der Waals surface area contributed by atoms with E-state index in [1.807, 2.05) is 18.2 Å². The van der Waals surface area contributed by atoms with Crippen LogP contribution in [0.1, 0.15) is 33.7 Å². The van der Waals surface area contributed by atoms with Crippen molar-refractivity contribution >= 4 is 104 Å². The first-order valence-electron chi connectivity index (χ1n) is 21.6. The number of hydrogen-bond donors (Lipinski definition) is 0. The highest BCUT2D eigenvalue weighted by Gasteiger charge is 2.28. The SMILES string of the molecule is Cc1cccc(C(c2cc3c(oc4cc(N(c5cccc(C)c5)c5cccc6c5oc5ccccc56)c5ccccc5c43)c3ccccc23)c2cccc3c2oc2ccccc23)c1. The molecule has 0 saturated heterocycles. The van der Waals surface area contributed by atoms with Crippen molar-refractivity contribution in [1.29, 1.82) is 0 Å². The predicted molar refractivity (Wildman–Crippen MR) is 261 cm³/mol. The van der Waals surface area contributed by atoms with E-state index in [0.717, 1.165) is 110 Å². The fraction of sp³-hybridized carbons (Fsp3) is 0.0508. The van der Waals surface area contributed by atoms with Crippen molar-refractivity contribution in [3.63, 3.8) is 0 Å². The number of rotatable bonds is 6. The lowest BCUT2D eigenvalue weighted by Crippen LogP contribution is -2.11. The zero-order valence-corrected chi connectivity index (χ0v) is 34.7. The Labute approximate surface area is 362 Å². The summed E-state index contributed by atoms with van der Waals surface area (Å²) in [7, 11) is 0. The van der Waals surface area contributed by atoms with Crippen molar-refractivity contribution in [2.24, 2.45) is 0 Å². The number of aryl methyl sites for hydroxylation is 2. The van der Waals surface area contributed by atoms with Crippen LogP contribution in [0, 0.1) is 13.8 Å². The van der Waals surface area contributed by atoms with Crippen LogP contribution in [0.25, 0.3) is 87.4 Å². The molecule has 0 radical (unpaired) electrons. The molecule has 3 aromatic heterocycles. The first kappa shape index (κ1) is 35.7. The maximum Gasteiger partial charge on any atom is 0.159 e. The van der Waals surface area contributed by atoms with Crippen molar-refractivity contribution < 1.29 is 13.3 Å². The Morgan fingerprint density at radius 2 is 0.905 bits per heavy atom. The monoisotopic (exact) mass is 809 g/mol. The van der Waals surface area contributed by atoms with Crippen LogP contribution in [0.2, 0.25) is 0 Å². The number of benzene rings is 10. The third-order valence-electron chi connectivity index (χ3n) is 13.1. The third kappa shape index (κ3) is 5.41. The van der Waals surface area contributed by atoms with Crippen molar-refractivity contribution in [2.45, 2.75) is 19.8 Å². The van der Waals surface area contributed by atoms with E-state index in [4.69, 9.17) is 13.3 Å². The van der Waals surface area contributed by atoms with Crippen LogP contribution >= 0.6 is 0 Å². The van der Waals surface area contributed by atoms with Gasteiger partial charge in [-0.3, -0.25) is 0 Å². The summed E-state index contributed by atoms with van der Waals surface area (Å²) in [6.45, 7) is 4.32. The predicted octanol–water partition coefficient (Wildman–Crippen LogP) is 17.0. The fourth-order valence-corrected chi connectivity index (χ4v) is 10.4. The topological polar surface area (TPSA) is 42.7 Å². The summed E-state index contributed by atoms with van der Waals surface area (Å²) >= 11 is 0. The molecule has 0 aliphatic rings. The van der Waals surface area contributed by atoms with Crippen LogP contribution in [0.5, 0.6) is 0 Å². The Morgan fingerprint density at radius 1 is 0.349 bits per heavy atom. The smallest absolute Gasteiger partial charge is 0.159 e. The number of para-hydroxylation sites is 4. The van der Waals surface area contributed by atoms with Gasteiger partial charge in [0.15, 0.2) is 5.58 Å². The lowest BCUT2D eigenvalue weighted by Gasteiger charge is -2.27. The van der Waals surface area contributed by atoms with Gasteiger partial charge >= 0.3 is 0 Å². The first-order chi connectivity index (χ1) is 31.1. The Kier molecular flexibility index (Phi) is 7.76. The quantitative estimate of drug-likeness (QED) is 0.157. The summed E-state index contributed by atoms with van der Waals surface area (Å²) in [6, 6.07) is 69.4. The Bertz CT molecular complexity index is 3980. The maximum absolute atomic E-state index is 7.20. The number of nitrogens with zero attached hydrogens (tertiary/aromatic N) is 1. The standard InChI is InChI=1S/C59H39NO3/c1-35-15-11-17-37(31-35)55(47-27-13-25-45-41-21-7-9-29-52(41)61-57(45)47)48-33-49-56-43-23-5-4-20-40(43)51(34-54(56)63-58(49)44-24-6-3-19-39(44)48)60(38-18-12-16-36(2)32-38)50-28-14-26-46-42-22-8-10-30-53(42)62-59(46)50/h3-34,55H,1-2H3. The largest absolute Gasteiger partial charge is 0.456 e. The molecule has 0 aliphatic heterocycles. The molecule has 0 spiro atoms. The van der Waals surface area contributed by atoms with Crippen molar-refractivity contribution in [3.8, 4) is 0 Å². The molecule has 4 heteroatoms. The molecular formula is C59H39NO3. The zero-order chi connectivity index (χ0) is 41.8. The number of fused-ring (bicyclic) bond motifs is 13.